The van der Waals surface area contributed by atoms with Crippen molar-refractivity contribution >= 4 is 91.7 Å². The standard InChI is InChI=1S/C46H29NS/c1-3-12-37-30(9-1)11-7-15-38(37)32-23-25-35(26-24-32)47(42-16-8-18-44-46(42)41-14-5-6-17-43(41)48-44)36-27-28-40-34(29-36)22-21-33-20-19-31-10-2-4-13-39(31)45(33)40/h1-29H. The second-order valence-electron chi connectivity index (χ2n) is 12.5. The average molecular weight is 628 g/mol. The van der Waals surface area contributed by atoms with E-state index in [0.717, 1.165) is 11.4 Å². The van der Waals surface area contributed by atoms with E-state index in [1.807, 2.05) is 11.3 Å². The molecule has 0 amide bonds. The maximum Gasteiger partial charge on any atom is 0.0554 e. The van der Waals surface area contributed by atoms with E-state index in [1.54, 1.807) is 0 Å². The first-order valence-electron chi connectivity index (χ1n) is 16.4. The van der Waals surface area contributed by atoms with Gasteiger partial charge in [0.2, 0.25) is 0 Å². The highest BCUT2D eigenvalue weighted by molar-refractivity contribution is 7.26. The molecule has 224 valence electrons. The highest BCUT2D eigenvalue weighted by atomic mass is 32.1. The Hall–Kier alpha value is -5.96. The number of anilines is 3. The SMILES string of the molecule is c1ccc2c(-c3ccc(N(c4ccc5c(ccc6ccc7ccccc7c65)c4)c4cccc5sc6ccccc6c45)cc3)cccc2c1. The van der Waals surface area contributed by atoms with Crippen molar-refractivity contribution < 1.29 is 0 Å². The summed E-state index contributed by atoms with van der Waals surface area (Å²) < 4.78 is 2.60. The number of hydrogen-bond donors (Lipinski definition) is 0. The van der Waals surface area contributed by atoms with Crippen LogP contribution in [-0.4, -0.2) is 0 Å². The predicted octanol–water partition coefficient (Wildman–Crippen LogP) is 13.8. The Balaban J connectivity index is 1.20. The van der Waals surface area contributed by atoms with Gasteiger partial charge in [0.1, 0.15) is 0 Å². The topological polar surface area (TPSA) is 3.24 Å². The van der Waals surface area contributed by atoms with Crippen LogP contribution < -0.4 is 4.90 Å². The predicted molar refractivity (Wildman–Crippen MR) is 209 cm³/mol. The average Bonchev–Trinajstić information content (AvgIpc) is 3.54. The third-order valence-corrected chi connectivity index (χ3v) is 11.0. The molecule has 10 rings (SSSR count). The molecule has 0 radical (unpaired) electrons. The first-order valence-corrected chi connectivity index (χ1v) is 17.2. The van der Waals surface area contributed by atoms with Crippen LogP contribution in [0.4, 0.5) is 17.1 Å². The van der Waals surface area contributed by atoms with Crippen LogP contribution in [0.2, 0.25) is 0 Å². The molecule has 0 unspecified atom stereocenters. The molecule has 0 bridgehead atoms. The summed E-state index contributed by atoms with van der Waals surface area (Å²) in [4.78, 5) is 2.45. The summed E-state index contributed by atoms with van der Waals surface area (Å²) in [6.45, 7) is 0. The molecule has 1 heterocycles. The number of nitrogens with zero attached hydrogens (tertiary/aromatic N) is 1. The third-order valence-electron chi connectivity index (χ3n) is 9.81. The van der Waals surface area contributed by atoms with Crippen molar-refractivity contribution in [2.24, 2.45) is 0 Å². The molecule has 0 saturated carbocycles. The van der Waals surface area contributed by atoms with Gasteiger partial charge in [-0.3, -0.25) is 0 Å². The van der Waals surface area contributed by atoms with Crippen molar-refractivity contribution in [3.8, 4) is 11.1 Å². The Morgan fingerprint density at radius 2 is 0.958 bits per heavy atom. The lowest BCUT2D eigenvalue weighted by molar-refractivity contribution is 1.31. The van der Waals surface area contributed by atoms with Crippen molar-refractivity contribution in [2.75, 3.05) is 4.90 Å². The Bertz CT molecular complexity index is 2840. The Labute approximate surface area is 282 Å². The largest absolute Gasteiger partial charge is 0.310 e. The molecule has 9 aromatic carbocycles. The highest BCUT2D eigenvalue weighted by Gasteiger charge is 2.19. The molecule has 1 nitrogen and oxygen atoms in total. The summed E-state index contributed by atoms with van der Waals surface area (Å²) in [5.74, 6) is 0. The van der Waals surface area contributed by atoms with E-state index < -0.39 is 0 Å². The first-order chi connectivity index (χ1) is 23.8. The highest BCUT2D eigenvalue weighted by Crippen LogP contribution is 2.46. The van der Waals surface area contributed by atoms with Crippen molar-refractivity contribution in [3.63, 3.8) is 0 Å². The van der Waals surface area contributed by atoms with Gasteiger partial charge in [-0.2, -0.15) is 0 Å². The van der Waals surface area contributed by atoms with Gasteiger partial charge in [0, 0.05) is 31.5 Å². The van der Waals surface area contributed by atoms with E-state index >= 15 is 0 Å². The van der Waals surface area contributed by atoms with Gasteiger partial charge in [-0.25, -0.2) is 0 Å². The molecule has 0 fully saturated rings. The summed E-state index contributed by atoms with van der Waals surface area (Å²) in [5.41, 5.74) is 5.93. The van der Waals surface area contributed by atoms with Gasteiger partial charge in [0.25, 0.3) is 0 Å². The molecule has 1 aromatic heterocycles. The zero-order valence-corrected chi connectivity index (χ0v) is 26.9. The second-order valence-corrected chi connectivity index (χ2v) is 13.6. The van der Waals surface area contributed by atoms with Gasteiger partial charge in [-0.15, -0.1) is 11.3 Å². The molecule has 10 aromatic rings. The van der Waals surface area contributed by atoms with Crippen molar-refractivity contribution in [2.45, 2.75) is 0 Å². The molecular formula is C46H29NS. The van der Waals surface area contributed by atoms with Gasteiger partial charge in [-0.05, 0) is 96.7 Å². The third kappa shape index (κ3) is 4.24. The van der Waals surface area contributed by atoms with Gasteiger partial charge in [0.15, 0.2) is 0 Å². The van der Waals surface area contributed by atoms with E-state index in [9.17, 15) is 0 Å². The van der Waals surface area contributed by atoms with Gasteiger partial charge < -0.3 is 4.90 Å². The van der Waals surface area contributed by atoms with Gasteiger partial charge in [0.05, 0.1) is 5.69 Å². The summed E-state index contributed by atoms with van der Waals surface area (Å²) in [5, 5.41) is 12.8. The molecule has 0 saturated heterocycles. The molecule has 48 heavy (non-hydrogen) atoms. The van der Waals surface area contributed by atoms with Crippen LogP contribution in [0.1, 0.15) is 0 Å². The van der Waals surface area contributed by atoms with Crippen LogP contribution in [0.15, 0.2) is 176 Å². The number of fused-ring (bicyclic) bond motifs is 9. The number of rotatable bonds is 4. The molecule has 0 atom stereocenters. The summed E-state index contributed by atoms with van der Waals surface area (Å²) in [6, 6.07) is 64.6. The maximum atomic E-state index is 2.45. The molecule has 2 heteroatoms. The monoisotopic (exact) mass is 627 g/mol. The molecule has 0 N–H and O–H groups in total. The van der Waals surface area contributed by atoms with Crippen LogP contribution in [0.3, 0.4) is 0 Å². The summed E-state index contributed by atoms with van der Waals surface area (Å²) >= 11 is 1.86. The van der Waals surface area contributed by atoms with Crippen LogP contribution in [-0.2, 0) is 0 Å². The molecule has 0 aliphatic heterocycles. The molecule has 0 aliphatic carbocycles. The lowest BCUT2D eigenvalue weighted by Gasteiger charge is -2.27. The number of thiophene rings is 1. The molecular weight excluding hydrogens is 599 g/mol. The van der Waals surface area contributed by atoms with Crippen molar-refractivity contribution in [1.29, 1.82) is 0 Å². The lowest BCUT2D eigenvalue weighted by atomic mass is 9.96. The maximum absolute atomic E-state index is 2.45. The molecule has 0 aliphatic rings. The number of benzene rings is 9. The summed E-state index contributed by atoms with van der Waals surface area (Å²) in [6.07, 6.45) is 0. The van der Waals surface area contributed by atoms with Crippen LogP contribution >= 0.6 is 11.3 Å². The Kier molecular flexibility index (Phi) is 6.12. The zero-order chi connectivity index (χ0) is 31.6. The number of hydrogen-bond acceptors (Lipinski definition) is 2. The van der Waals surface area contributed by atoms with E-state index in [2.05, 4.69) is 181 Å². The van der Waals surface area contributed by atoms with Gasteiger partial charge in [-0.1, -0.05) is 133 Å². The zero-order valence-electron chi connectivity index (χ0n) is 26.1. The second kappa shape index (κ2) is 10.8. The minimum absolute atomic E-state index is 1.13. The Morgan fingerprint density at radius 1 is 0.354 bits per heavy atom. The summed E-state index contributed by atoms with van der Waals surface area (Å²) in [7, 11) is 0. The van der Waals surface area contributed by atoms with Crippen LogP contribution in [0, 0.1) is 0 Å². The van der Waals surface area contributed by atoms with E-state index in [4.69, 9.17) is 0 Å². The minimum atomic E-state index is 1.13. The van der Waals surface area contributed by atoms with Gasteiger partial charge >= 0.3 is 0 Å². The quantitative estimate of drug-likeness (QED) is 0.176. The van der Waals surface area contributed by atoms with Crippen LogP contribution in [0.25, 0.3) is 74.4 Å². The first kappa shape index (κ1) is 27.2. The van der Waals surface area contributed by atoms with Crippen LogP contribution in [0.5, 0.6) is 0 Å². The molecule has 0 spiro atoms. The fraction of sp³-hybridized carbons (Fsp3) is 0. The Morgan fingerprint density at radius 3 is 1.81 bits per heavy atom. The van der Waals surface area contributed by atoms with Crippen molar-refractivity contribution in [1.82, 2.24) is 0 Å². The van der Waals surface area contributed by atoms with E-state index in [-0.39, 0.29) is 0 Å². The smallest absolute Gasteiger partial charge is 0.0554 e. The van der Waals surface area contributed by atoms with E-state index in [1.165, 1.54) is 80.1 Å². The fourth-order valence-corrected chi connectivity index (χ4v) is 8.73. The van der Waals surface area contributed by atoms with Crippen molar-refractivity contribution in [3.05, 3.63) is 176 Å². The normalized spacial score (nSPS) is 11.8. The van der Waals surface area contributed by atoms with E-state index in [0.29, 0.717) is 0 Å². The fourth-order valence-electron chi connectivity index (χ4n) is 7.60. The lowest BCUT2D eigenvalue weighted by Crippen LogP contribution is -2.10. The minimum Gasteiger partial charge on any atom is -0.310 e.